The molecule has 2 N–H and O–H groups in total. The van der Waals surface area contributed by atoms with Crippen LogP contribution < -0.4 is 15.1 Å². The number of aromatic carboxylic acids is 1. The van der Waals surface area contributed by atoms with Gasteiger partial charge in [-0.1, -0.05) is 36.4 Å². The van der Waals surface area contributed by atoms with Crippen molar-refractivity contribution in [3.8, 4) is 0 Å². The monoisotopic (exact) mass is 409 g/mol. The van der Waals surface area contributed by atoms with Gasteiger partial charge in [0, 0.05) is 16.8 Å². The number of benzene rings is 3. The maximum atomic E-state index is 12.7. The molecule has 148 valence electrons. The van der Waals surface area contributed by atoms with E-state index in [0.29, 0.717) is 5.69 Å². The smallest absolute Gasteiger partial charge is 0.261 e. The number of carboxylic acids is 1. The molecule has 29 heavy (non-hydrogen) atoms. The van der Waals surface area contributed by atoms with E-state index < -0.39 is 21.9 Å². The molecule has 0 fully saturated rings. The van der Waals surface area contributed by atoms with Gasteiger partial charge in [-0.25, -0.2) is 8.42 Å². The summed E-state index contributed by atoms with van der Waals surface area (Å²) in [5, 5.41) is 13.9. The Morgan fingerprint density at radius 3 is 2.34 bits per heavy atom. The molecule has 0 atom stereocenters. The largest absolute Gasteiger partial charge is 0.545 e. The average Bonchev–Trinajstić information content (AvgIpc) is 2.68. The van der Waals surface area contributed by atoms with Gasteiger partial charge in [-0.15, -0.1) is 0 Å². The molecule has 1 amide bonds. The van der Waals surface area contributed by atoms with Gasteiger partial charge in [-0.3, -0.25) is 9.52 Å². The molecule has 8 heteroatoms. The van der Waals surface area contributed by atoms with Gasteiger partial charge in [-0.2, -0.15) is 0 Å². The number of carbonyl (C=O) groups excluding carboxylic acids is 2. The van der Waals surface area contributed by atoms with E-state index in [4.69, 9.17) is 0 Å². The van der Waals surface area contributed by atoms with Gasteiger partial charge in [0.25, 0.3) is 15.9 Å². The van der Waals surface area contributed by atoms with E-state index in [0.717, 1.165) is 5.56 Å². The predicted molar refractivity (Wildman–Crippen MR) is 107 cm³/mol. The number of rotatable bonds is 6. The second kappa shape index (κ2) is 8.15. The van der Waals surface area contributed by atoms with Gasteiger partial charge >= 0.3 is 0 Å². The lowest BCUT2D eigenvalue weighted by Gasteiger charge is -2.13. The minimum Gasteiger partial charge on any atom is -0.545 e. The number of amides is 1. The Kier molecular flexibility index (Phi) is 5.65. The van der Waals surface area contributed by atoms with Gasteiger partial charge in [0.1, 0.15) is 0 Å². The lowest BCUT2D eigenvalue weighted by Crippen LogP contribution is -2.25. The van der Waals surface area contributed by atoms with Crippen molar-refractivity contribution in [2.75, 3.05) is 10.0 Å². The number of carbonyl (C=O) groups is 2. The van der Waals surface area contributed by atoms with Crippen LogP contribution in [0.15, 0.2) is 77.7 Å². The topological polar surface area (TPSA) is 115 Å². The Labute approximate surface area is 168 Å². The second-order valence-corrected chi connectivity index (χ2v) is 7.97. The lowest BCUT2D eigenvalue weighted by molar-refractivity contribution is -0.254. The van der Waals surface area contributed by atoms with Gasteiger partial charge < -0.3 is 15.2 Å². The maximum absolute atomic E-state index is 12.7. The maximum Gasteiger partial charge on any atom is 0.261 e. The van der Waals surface area contributed by atoms with Crippen LogP contribution in [-0.4, -0.2) is 20.3 Å². The molecule has 0 heterocycles. The van der Waals surface area contributed by atoms with Crippen LogP contribution in [0.5, 0.6) is 0 Å². The van der Waals surface area contributed by atoms with Crippen molar-refractivity contribution in [2.45, 2.75) is 11.8 Å². The molecule has 3 aromatic rings. The van der Waals surface area contributed by atoms with E-state index in [1.54, 1.807) is 18.2 Å². The number of para-hydroxylation sites is 1. The van der Waals surface area contributed by atoms with Crippen LogP contribution >= 0.6 is 0 Å². The Morgan fingerprint density at radius 1 is 0.897 bits per heavy atom. The minimum atomic E-state index is -4.13. The van der Waals surface area contributed by atoms with Crippen molar-refractivity contribution < 1.29 is 23.1 Å². The molecule has 0 spiro atoms. The van der Waals surface area contributed by atoms with Crippen LogP contribution in [0.2, 0.25) is 0 Å². The fourth-order valence-corrected chi connectivity index (χ4v) is 3.81. The van der Waals surface area contributed by atoms with Crippen LogP contribution in [0.25, 0.3) is 0 Å². The first-order valence-electron chi connectivity index (χ1n) is 8.57. The number of sulfonamides is 1. The van der Waals surface area contributed by atoms with Gasteiger partial charge in [0.05, 0.1) is 16.6 Å². The molecule has 0 aliphatic carbocycles. The standard InChI is InChI=1S/C21H18N2O5S/c1-14-6-4-8-16(12-14)22-20(24)15-7-5-9-17(13-15)29(27,28)23-19-11-3-2-10-18(19)21(25)26/h2-13,23H,1H3,(H,22,24)(H,25,26)/p-1. The normalized spacial score (nSPS) is 10.9. The first kappa shape index (κ1) is 20.1. The molecule has 0 bridgehead atoms. The van der Waals surface area contributed by atoms with Crippen molar-refractivity contribution in [2.24, 2.45) is 0 Å². The summed E-state index contributed by atoms with van der Waals surface area (Å²) in [6.45, 7) is 1.89. The number of nitrogens with one attached hydrogen (secondary N) is 2. The summed E-state index contributed by atoms with van der Waals surface area (Å²) in [6.07, 6.45) is 0. The highest BCUT2D eigenvalue weighted by atomic mass is 32.2. The molecule has 7 nitrogen and oxygen atoms in total. The van der Waals surface area contributed by atoms with E-state index in [2.05, 4.69) is 10.0 Å². The number of anilines is 2. The molecule has 0 radical (unpaired) electrons. The van der Waals surface area contributed by atoms with E-state index in [1.807, 2.05) is 13.0 Å². The van der Waals surface area contributed by atoms with Crippen LogP contribution in [-0.2, 0) is 10.0 Å². The highest BCUT2D eigenvalue weighted by molar-refractivity contribution is 7.92. The number of carboxylic acid groups (broad SMARTS) is 1. The second-order valence-electron chi connectivity index (χ2n) is 6.29. The highest BCUT2D eigenvalue weighted by Gasteiger charge is 2.18. The Bertz CT molecular complexity index is 1190. The predicted octanol–water partition coefficient (Wildman–Crippen LogP) is 2.41. The summed E-state index contributed by atoms with van der Waals surface area (Å²) < 4.78 is 27.6. The van der Waals surface area contributed by atoms with Crippen molar-refractivity contribution >= 4 is 33.3 Å². The van der Waals surface area contributed by atoms with E-state index in [1.165, 1.54) is 48.5 Å². The SMILES string of the molecule is Cc1cccc(NC(=O)c2cccc(S(=O)(=O)Nc3ccccc3C(=O)[O-])c2)c1. The lowest BCUT2D eigenvalue weighted by atomic mass is 10.2. The molecule has 0 aromatic heterocycles. The zero-order chi connectivity index (χ0) is 21.0. The third-order valence-corrected chi connectivity index (χ3v) is 5.44. The fourth-order valence-electron chi connectivity index (χ4n) is 2.68. The van der Waals surface area contributed by atoms with Crippen molar-refractivity contribution in [3.05, 3.63) is 89.5 Å². The van der Waals surface area contributed by atoms with Crippen molar-refractivity contribution in [1.82, 2.24) is 0 Å². The summed E-state index contributed by atoms with van der Waals surface area (Å²) in [4.78, 5) is 23.5. The van der Waals surface area contributed by atoms with Gasteiger partial charge in [0.2, 0.25) is 0 Å². The van der Waals surface area contributed by atoms with Gasteiger partial charge in [-0.05, 0) is 48.9 Å². The minimum absolute atomic E-state index is 0.123. The third kappa shape index (κ3) is 4.80. The molecule has 0 aliphatic heterocycles. The zero-order valence-corrected chi connectivity index (χ0v) is 16.2. The summed E-state index contributed by atoms with van der Waals surface area (Å²) in [5.41, 5.74) is 1.29. The van der Waals surface area contributed by atoms with Crippen LogP contribution in [0, 0.1) is 6.92 Å². The van der Waals surface area contributed by atoms with Crippen LogP contribution in [0.3, 0.4) is 0 Å². The van der Waals surface area contributed by atoms with Crippen molar-refractivity contribution in [1.29, 1.82) is 0 Å². The molecule has 3 rings (SSSR count). The molecule has 3 aromatic carbocycles. The van der Waals surface area contributed by atoms with Crippen molar-refractivity contribution in [3.63, 3.8) is 0 Å². The van der Waals surface area contributed by atoms with E-state index >= 15 is 0 Å². The Morgan fingerprint density at radius 2 is 1.62 bits per heavy atom. The Balaban J connectivity index is 1.86. The summed E-state index contributed by atoms with van der Waals surface area (Å²) >= 11 is 0. The quantitative estimate of drug-likeness (QED) is 0.649. The molecular weight excluding hydrogens is 392 g/mol. The third-order valence-electron chi connectivity index (χ3n) is 4.07. The molecular formula is C21H17N2O5S-. The van der Waals surface area contributed by atoms with Crippen LogP contribution in [0.1, 0.15) is 26.3 Å². The fraction of sp³-hybridized carbons (Fsp3) is 0.0476. The van der Waals surface area contributed by atoms with E-state index in [9.17, 15) is 23.1 Å². The Hall–Kier alpha value is -3.65. The number of hydrogen-bond donors (Lipinski definition) is 2. The molecule has 0 unspecified atom stereocenters. The summed E-state index contributed by atoms with van der Waals surface area (Å²) in [7, 11) is -4.13. The molecule has 0 saturated carbocycles. The van der Waals surface area contributed by atoms with Gasteiger partial charge in [0.15, 0.2) is 0 Å². The first-order chi connectivity index (χ1) is 13.8. The zero-order valence-electron chi connectivity index (χ0n) is 15.4. The number of aryl methyl sites for hydroxylation is 1. The average molecular weight is 409 g/mol. The summed E-state index contributed by atoms with van der Waals surface area (Å²) in [5.74, 6) is -1.97. The highest BCUT2D eigenvalue weighted by Crippen LogP contribution is 2.21. The molecule has 0 aliphatic rings. The van der Waals surface area contributed by atoms with Crippen LogP contribution in [0.4, 0.5) is 11.4 Å². The summed E-state index contributed by atoms with van der Waals surface area (Å²) in [6, 6.07) is 18.2. The van der Waals surface area contributed by atoms with E-state index in [-0.39, 0.29) is 21.7 Å². The number of hydrogen-bond acceptors (Lipinski definition) is 5. The first-order valence-corrected chi connectivity index (χ1v) is 10.1. The molecule has 0 saturated heterocycles.